The summed E-state index contributed by atoms with van der Waals surface area (Å²) in [6, 6.07) is 6.02. The first-order chi connectivity index (χ1) is 11.0. The number of amides is 1. The molecule has 1 atom stereocenters. The maximum atomic E-state index is 13.0. The van der Waals surface area contributed by atoms with Crippen LogP contribution in [0.25, 0.3) is 10.9 Å². The predicted molar refractivity (Wildman–Crippen MR) is 91.8 cm³/mol. The van der Waals surface area contributed by atoms with Gasteiger partial charge in [0.2, 0.25) is 0 Å². The zero-order valence-electron chi connectivity index (χ0n) is 14.3. The summed E-state index contributed by atoms with van der Waals surface area (Å²) in [7, 11) is 1.72. The van der Waals surface area contributed by atoms with Crippen molar-refractivity contribution < 1.29 is 9.53 Å². The molecular formula is C19H24N2O2. The molecule has 0 saturated carbocycles. The van der Waals surface area contributed by atoms with Crippen LogP contribution in [0.4, 0.5) is 0 Å². The highest BCUT2D eigenvalue weighted by Gasteiger charge is 2.28. The van der Waals surface area contributed by atoms with Crippen molar-refractivity contribution in [1.29, 1.82) is 0 Å². The number of hydrogen-bond acceptors (Lipinski definition) is 3. The second-order valence-corrected chi connectivity index (χ2v) is 6.58. The average Bonchev–Trinajstić information content (AvgIpc) is 2.99. The number of carbonyl (C=O) groups excluding carboxylic acids is 1. The SMILES string of the molecule is COC[C@H]1CCN(C(=O)c2cc(C)nc3c(C)c(C)ccc23)C1. The first-order valence-electron chi connectivity index (χ1n) is 8.17. The Balaban J connectivity index is 2.00. The fourth-order valence-corrected chi connectivity index (χ4v) is 3.39. The molecule has 0 spiro atoms. The Hall–Kier alpha value is -1.94. The van der Waals surface area contributed by atoms with Crippen molar-refractivity contribution in [3.8, 4) is 0 Å². The monoisotopic (exact) mass is 312 g/mol. The molecule has 2 heterocycles. The molecule has 1 amide bonds. The third-order valence-corrected chi connectivity index (χ3v) is 4.84. The number of fused-ring (bicyclic) bond motifs is 1. The van der Waals surface area contributed by atoms with Gasteiger partial charge in [-0.05, 0) is 44.4 Å². The molecule has 1 aromatic heterocycles. The van der Waals surface area contributed by atoms with Crippen molar-refractivity contribution in [3.63, 3.8) is 0 Å². The quantitative estimate of drug-likeness (QED) is 0.873. The number of benzene rings is 1. The number of carbonyl (C=O) groups is 1. The van der Waals surface area contributed by atoms with E-state index in [-0.39, 0.29) is 5.91 Å². The van der Waals surface area contributed by atoms with Gasteiger partial charge in [0.25, 0.3) is 5.91 Å². The second kappa shape index (κ2) is 6.28. The normalized spacial score (nSPS) is 17.9. The molecule has 1 aliphatic heterocycles. The van der Waals surface area contributed by atoms with Gasteiger partial charge in [0, 0.05) is 37.2 Å². The van der Waals surface area contributed by atoms with E-state index in [0.29, 0.717) is 5.92 Å². The number of aromatic nitrogens is 1. The Kier molecular flexibility index (Phi) is 4.35. The highest BCUT2D eigenvalue weighted by atomic mass is 16.5. The van der Waals surface area contributed by atoms with Gasteiger partial charge in [-0.15, -0.1) is 0 Å². The molecule has 0 radical (unpaired) electrons. The van der Waals surface area contributed by atoms with Crippen LogP contribution in [-0.2, 0) is 4.74 Å². The Bertz CT molecular complexity index is 755. The lowest BCUT2D eigenvalue weighted by Gasteiger charge is -2.18. The molecule has 1 saturated heterocycles. The van der Waals surface area contributed by atoms with Gasteiger partial charge in [-0.3, -0.25) is 9.78 Å². The van der Waals surface area contributed by atoms with Crippen LogP contribution in [0.1, 0.15) is 33.6 Å². The molecule has 0 unspecified atom stereocenters. The molecule has 1 aromatic carbocycles. The molecule has 3 rings (SSSR count). The van der Waals surface area contributed by atoms with E-state index >= 15 is 0 Å². The van der Waals surface area contributed by atoms with E-state index < -0.39 is 0 Å². The predicted octanol–water partition coefficient (Wildman–Crippen LogP) is 3.27. The van der Waals surface area contributed by atoms with Crippen LogP contribution in [0.15, 0.2) is 18.2 Å². The van der Waals surface area contributed by atoms with Crippen LogP contribution in [0.2, 0.25) is 0 Å². The minimum Gasteiger partial charge on any atom is -0.384 e. The van der Waals surface area contributed by atoms with Crippen LogP contribution in [0.3, 0.4) is 0 Å². The van der Waals surface area contributed by atoms with Crippen molar-refractivity contribution in [3.05, 3.63) is 40.6 Å². The third-order valence-electron chi connectivity index (χ3n) is 4.84. The van der Waals surface area contributed by atoms with Crippen molar-refractivity contribution in [2.75, 3.05) is 26.8 Å². The minimum atomic E-state index is 0.113. The Labute approximate surface area is 137 Å². The van der Waals surface area contributed by atoms with E-state index in [1.54, 1.807) is 7.11 Å². The smallest absolute Gasteiger partial charge is 0.254 e. The Morgan fingerprint density at radius 3 is 2.87 bits per heavy atom. The highest BCUT2D eigenvalue weighted by molar-refractivity contribution is 6.07. The number of hydrogen-bond donors (Lipinski definition) is 0. The molecule has 0 N–H and O–H groups in total. The summed E-state index contributed by atoms with van der Waals surface area (Å²) in [5.74, 6) is 0.560. The molecular weight excluding hydrogens is 288 g/mol. The topological polar surface area (TPSA) is 42.4 Å². The number of rotatable bonds is 3. The zero-order valence-corrected chi connectivity index (χ0v) is 14.3. The lowest BCUT2D eigenvalue weighted by Crippen LogP contribution is -2.29. The summed E-state index contributed by atoms with van der Waals surface area (Å²) in [5, 5.41) is 0.957. The lowest BCUT2D eigenvalue weighted by atomic mass is 10.0. The molecule has 0 aliphatic carbocycles. The van der Waals surface area contributed by atoms with Gasteiger partial charge in [-0.2, -0.15) is 0 Å². The van der Waals surface area contributed by atoms with Gasteiger partial charge in [-0.25, -0.2) is 0 Å². The number of methoxy groups -OCH3 is 1. The molecule has 1 aliphatic rings. The molecule has 4 heteroatoms. The molecule has 4 nitrogen and oxygen atoms in total. The average molecular weight is 312 g/mol. The summed E-state index contributed by atoms with van der Waals surface area (Å²) in [5.41, 5.74) is 4.96. The number of pyridine rings is 1. The van der Waals surface area contributed by atoms with Crippen molar-refractivity contribution >= 4 is 16.8 Å². The third kappa shape index (κ3) is 2.95. The van der Waals surface area contributed by atoms with Gasteiger partial charge in [-0.1, -0.05) is 12.1 Å². The minimum absolute atomic E-state index is 0.113. The van der Waals surface area contributed by atoms with Crippen molar-refractivity contribution in [2.24, 2.45) is 5.92 Å². The molecule has 23 heavy (non-hydrogen) atoms. The highest BCUT2D eigenvalue weighted by Crippen LogP contribution is 2.27. The van der Waals surface area contributed by atoms with Gasteiger partial charge >= 0.3 is 0 Å². The van der Waals surface area contributed by atoms with E-state index in [4.69, 9.17) is 4.74 Å². The summed E-state index contributed by atoms with van der Waals surface area (Å²) < 4.78 is 5.23. The first-order valence-corrected chi connectivity index (χ1v) is 8.17. The van der Waals surface area contributed by atoms with Crippen molar-refractivity contribution in [2.45, 2.75) is 27.2 Å². The van der Waals surface area contributed by atoms with Crippen LogP contribution in [-0.4, -0.2) is 42.6 Å². The van der Waals surface area contributed by atoms with E-state index in [1.807, 2.05) is 24.0 Å². The number of aryl methyl sites for hydroxylation is 3. The fourth-order valence-electron chi connectivity index (χ4n) is 3.39. The largest absolute Gasteiger partial charge is 0.384 e. The van der Waals surface area contributed by atoms with Crippen LogP contribution < -0.4 is 0 Å². The van der Waals surface area contributed by atoms with Gasteiger partial charge < -0.3 is 9.64 Å². The lowest BCUT2D eigenvalue weighted by molar-refractivity contribution is 0.0777. The number of likely N-dealkylation sites (tertiary alicyclic amines) is 1. The maximum absolute atomic E-state index is 13.0. The molecule has 0 bridgehead atoms. The maximum Gasteiger partial charge on any atom is 0.254 e. The first kappa shape index (κ1) is 15.9. The summed E-state index contributed by atoms with van der Waals surface area (Å²) in [4.78, 5) is 19.6. The van der Waals surface area contributed by atoms with E-state index in [2.05, 4.69) is 24.9 Å². The summed E-state index contributed by atoms with van der Waals surface area (Å²) in [6.45, 7) is 8.41. The number of ether oxygens (including phenoxy) is 1. The van der Waals surface area contributed by atoms with Crippen LogP contribution >= 0.6 is 0 Å². The van der Waals surface area contributed by atoms with Gasteiger partial charge in [0.15, 0.2) is 0 Å². The molecule has 2 aromatic rings. The van der Waals surface area contributed by atoms with E-state index in [9.17, 15) is 4.79 Å². The Morgan fingerprint density at radius 1 is 1.35 bits per heavy atom. The second-order valence-electron chi connectivity index (χ2n) is 6.58. The molecule has 1 fully saturated rings. The van der Waals surface area contributed by atoms with Crippen LogP contribution in [0, 0.1) is 26.7 Å². The van der Waals surface area contributed by atoms with Crippen LogP contribution in [0.5, 0.6) is 0 Å². The summed E-state index contributed by atoms with van der Waals surface area (Å²) in [6.07, 6.45) is 1.01. The van der Waals surface area contributed by atoms with E-state index in [1.165, 1.54) is 5.56 Å². The molecule has 122 valence electrons. The summed E-state index contributed by atoms with van der Waals surface area (Å²) >= 11 is 0. The van der Waals surface area contributed by atoms with Crippen molar-refractivity contribution in [1.82, 2.24) is 9.88 Å². The van der Waals surface area contributed by atoms with Gasteiger partial charge in [0.1, 0.15) is 0 Å². The zero-order chi connectivity index (χ0) is 16.6. The number of nitrogens with zero attached hydrogens (tertiary/aromatic N) is 2. The fraction of sp³-hybridized carbons (Fsp3) is 0.474. The Morgan fingerprint density at radius 2 is 2.13 bits per heavy atom. The van der Waals surface area contributed by atoms with E-state index in [0.717, 1.165) is 53.8 Å². The van der Waals surface area contributed by atoms with Gasteiger partial charge in [0.05, 0.1) is 17.7 Å². The standard InChI is InChI=1S/C19H24N2O2/c1-12-5-6-16-17(9-13(2)20-18(16)14(12)3)19(22)21-8-7-15(10-21)11-23-4/h5-6,9,15H,7-8,10-11H2,1-4H3/t15-/m0/s1.